The van der Waals surface area contributed by atoms with Crippen molar-refractivity contribution >= 4 is 29.7 Å². The Kier molecular flexibility index (Phi) is 11.4. The van der Waals surface area contributed by atoms with Crippen LogP contribution < -0.4 is 21.7 Å². The van der Waals surface area contributed by atoms with E-state index in [2.05, 4.69) is 10.6 Å². The fourth-order valence-corrected chi connectivity index (χ4v) is 2.03. The van der Waals surface area contributed by atoms with Crippen LogP contribution in [0.2, 0.25) is 0 Å². The lowest BCUT2D eigenvalue weighted by molar-refractivity contribution is -0.143. The zero-order chi connectivity index (χ0) is 21.9. The quantitative estimate of drug-likeness (QED) is 0.171. The first-order chi connectivity index (χ1) is 13.0. The van der Waals surface area contributed by atoms with E-state index in [0.717, 1.165) is 0 Å². The molecule has 4 unspecified atom stereocenters. The Morgan fingerprint density at radius 1 is 1.00 bits per heavy atom. The maximum absolute atomic E-state index is 12.0. The molecule has 0 spiro atoms. The number of aliphatic hydroxyl groups excluding tert-OH is 1. The first-order valence-electron chi connectivity index (χ1n) is 8.71. The molecule has 0 fully saturated rings. The Bertz CT molecular complexity index is 583. The highest BCUT2D eigenvalue weighted by molar-refractivity contribution is 5.92. The van der Waals surface area contributed by atoms with Crippen LogP contribution in [0.15, 0.2) is 0 Å². The molecule has 160 valence electrons. The molecule has 0 saturated carbocycles. The molecular formula is C16H28N4O8. The maximum Gasteiger partial charge on any atom is 0.326 e. The van der Waals surface area contributed by atoms with E-state index in [-0.39, 0.29) is 12.3 Å². The zero-order valence-corrected chi connectivity index (χ0v) is 15.8. The standard InChI is InChI=1S/C16H28N4O8/c1-3-8(2)13(17)15(26)18-6-11(22)19-10(7-21)14(25)20-9(16(27)28)4-5-12(23)24/h8-10,13,21H,3-7,17H2,1-2H3,(H,18,26)(H,19,22)(H,20,25)(H,23,24)(H,27,28). The summed E-state index contributed by atoms with van der Waals surface area (Å²) in [5, 5.41) is 33.4. The molecular weight excluding hydrogens is 376 g/mol. The highest BCUT2D eigenvalue weighted by atomic mass is 16.4. The molecule has 0 aliphatic rings. The lowest BCUT2D eigenvalue weighted by atomic mass is 9.99. The van der Waals surface area contributed by atoms with E-state index in [1.165, 1.54) is 0 Å². The number of nitrogens with one attached hydrogen (secondary N) is 3. The molecule has 0 bridgehead atoms. The Hall–Kier alpha value is -2.73. The van der Waals surface area contributed by atoms with Crippen LogP contribution in [0.3, 0.4) is 0 Å². The van der Waals surface area contributed by atoms with Crippen LogP contribution in [0.1, 0.15) is 33.1 Å². The molecule has 28 heavy (non-hydrogen) atoms. The highest BCUT2D eigenvalue weighted by Gasteiger charge is 2.27. The number of nitrogens with two attached hydrogens (primary N) is 1. The van der Waals surface area contributed by atoms with Crippen LogP contribution in [0.5, 0.6) is 0 Å². The number of carbonyl (C=O) groups is 5. The van der Waals surface area contributed by atoms with Crippen molar-refractivity contribution in [2.75, 3.05) is 13.2 Å². The summed E-state index contributed by atoms with van der Waals surface area (Å²) < 4.78 is 0. The summed E-state index contributed by atoms with van der Waals surface area (Å²) >= 11 is 0. The predicted molar refractivity (Wildman–Crippen MR) is 95.9 cm³/mol. The summed E-state index contributed by atoms with van der Waals surface area (Å²) in [5.74, 6) is -5.14. The minimum Gasteiger partial charge on any atom is -0.481 e. The molecule has 0 aliphatic carbocycles. The molecule has 0 aromatic heterocycles. The van der Waals surface area contributed by atoms with E-state index in [1.54, 1.807) is 6.92 Å². The number of hydrogen-bond donors (Lipinski definition) is 7. The van der Waals surface area contributed by atoms with Crippen molar-refractivity contribution in [3.63, 3.8) is 0 Å². The first kappa shape index (κ1) is 25.3. The predicted octanol–water partition coefficient (Wildman–Crippen LogP) is -2.61. The van der Waals surface area contributed by atoms with Crippen LogP contribution in [0, 0.1) is 5.92 Å². The average Bonchev–Trinajstić information content (AvgIpc) is 2.65. The summed E-state index contributed by atoms with van der Waals surface area (Å²) in [6, 6.07) is -3.78. The fourth-order valence-electron chi connectivity index (χ4n) is 2.03. The van der Waals surface area contributed by atoms with E-state index < -0.39 is 67.4 Å². The summed E-state index contributed by atoms with van der Waals surface area (Å²) in [5.41, 5.74) is 5.72. The Morgan fingerprint density at radius 2 is 1.61 bits per heavy atom. The second kappa shape index (κ2) is 12.6. The van der Waals surface area contributed by atoms with Crippen molar-refractivity contribution in [3.05, 3.63) is 0 Å². The van der Waals surface area contributed by atoms with Crippen LogP contribution >= 0.6 is 0 Å². The van der Waals surface area contributed by atoms with Crippen molar-refractivity contribution in [3.8, 4) is 0 Å². The molecule has 3 amide bonds. The molecule has 0 aromatic rings. The maximum atomic E-state index is 12.0. The molecule has 12 nitrogen and oxygen atoms in total. The third kappa shape index (κ3) is 9.28. The number of carboxylic acid groups (broad SMARTS) is 2. The lowest BCUT2D eigenvalue weighted by Gasteiger charge is -2.20. The van der Waals surface area contributed by atoms with Crippen molar-refractivity contribution in [1.29, 1.82) is 0 Å². The average molecular weight is 404 g/mol. The van der Waals surface area contributed by atoms with Crippen molar-refractivity contribution in [2.24, 2.45) is 11.7 Å². The minimum atomic E-state index is -1.50. The second-order valence-electron chi connectivity index (χ2n) is 6.26. The molecule has 8 N–H and O–H groups in total. The van der Waals surface area contributed by atoms with E-state index in [9.17, 15) is 29.1 Å². The number of rotatable bonds is 13. The molecule has 4 atom stereocenters. The summed E-state index contributed by atoms with van der Waals surface area (Å²) in [7, 11) is 0. The van der Waals surface area contributed by atoms with Gasteiger partial charge in [-0.1, -0.05) is 20.3 Å². The van der Waals surface area contributed by atoms with Gasteiger partial charge in [0.15, 0.2) is 0 Å². The summed E-state index contributed by atoms with van der Waals surface area (Å²) in [6.45, 7) is 2.31. The second-order valence-corrected chi connectivity index (χ2v) is 6.26. The largest absolute Gasteiger partial charge is 0.481 e. The summed E-state index contributed by atoms with van der Waals surface area (Å²) in [6.07, 6.45) is -0.192. The minimum absolute atomic E-state index is 0.0993. The number of carbonyl (C=O) groups excluding carboxylic acids is 3. The lowest BCUT2D eigenvalue weighted by Crippen LogP contribution is -2.55. The van der Waals surface area contributed by atoms with Crippen LogP contribution in [0.25, 0.3) is 0 Å². The monoisotopic (exact) mass is 404 g/mol. The Morgan fingerprint density at radius 3 is 2.07 bits per heavy atom. The van der Waals surface area contributed by atoms with Gasteiger partial charge in [-0.15, -0.1) is 0 Å². The van der Waals surface area contributed by atoms with E-state index in [0.29, 0.717) is 6.42 Å². The van der Waals surface area contributed by atoms with E-state index in [1.807, 2.05) is 12.2 Å². The van der Waals surface area contributed by atoms with Crippen LogP contribution in [-0.2, 0) is 24.0 Å². The first-order valence-corrected chi connectivity index (χ1v) is 8.71. The third-order valence-corrected chi connectivity index (χ3v) is 4.08. The van der Waals surface area contributed by atoms with Gasteiger partial charge in [-0.3, -0.25) is 19.2 Å². The number of hydrogen-bond acceptors (Lipinski definition) is 7. The molecule has 0 saturated heterocycles. The van der Waals surface area contributed by atoms with Crippen molar-refractivity contribution in [1.82, 2.24) is 16.0 Å². The van der Waals surface area contributed by atoms with Gasteiger partial charge in [-0.2, -0.15) is 0 Å². The molecule has 0 heterocycles. The van der Waals surface area contributed by atoms with Gasteiger partial charge in [0.05, 0.1) is 19.2 Å². The van der Waals surface area contributed by atoms with E-state index >= 15 is 0 Å². The molecule has 0 rings (SSSR count). The smallest absolute Gasteiger partial charge is 0.326 e. The van der Waals surface area contributed by atoms with E-state index in [4.69, 9.17) is 15.9 Å². The fraction of sp³-hybridized carbons (Fsp3) is 0.688. The Balaban J connectivity index is 4.66. The zero-order valence-electron chi connectivity index (χ0n) is 15.8. The Labute approximate surface area is 161 Å². The number of amides is 3. The van der Waals surface area contributed by atoms with Gasteiger partial charge in [-0.25, -0.2) is 4.79 Å². The van der Waals surface area contributed by atoms with Gasteiger partial charge < -0.3 is 37.0 Å². The third-order valence-electron chi connectivity index (χ3n) is 4.08. The number of aliphatic carboxylic acids is 2. The SMILES string of the molecule is CCC(C)C(N)C(=O)NCC(=O)NC(CO)C(=O)NC(CCC(=O)O)C(=O)O. The number of aliphatic hydroxyl groups is 1. The van der Waals surface area contributed by atoms with Gasteiger partial charge in [0.1, 0.15) is 12.1 Å². The highest BCUT2D eigenvalue weighted by Crippen LogP contribution is 2.04. The van der Waals surface area contributed by atoms with Crippen molar-refractivity contribution in [2.45, 2.75) is 51.2 Å². The van der Waals surface area contributed by atoms with Gasteiger partial charge >= 0.3 is 11.9 Å². The molecule has 0 aromatic carbocycles. The van der Waals surface area contributed by atoms with Crippen LogP contribution in [-0.4, -0.2) is 76.3 Å². The van der Waals surface area contributed by atoms with Gasteiger partial charge in [0, 0.05) is 6.42 Å². The van der Waals surface area contributed by atoms with Crippen LogP contribution in [0.4, 0.5) is 0 Å². The normalized spacial score (nSPS) is 14.9. The topological polar surface area (TPSA) is 208 Å². The molecule has 0 aliphatic heterocycles. The van der Waals surface area contributed by atoms with Crippen molar-refractivity contribution < 1.29 is 39.3 Å². The molecule has 12 heteroatoms. The summed E-state index contributed by atoms with van der Waals surface area (Å²) in [4.78, 5) is 57.4. The van der Waals surface area contributed by atoms with Gasteiger partial charge in [0.25, 0.3) is 0 Å². The van der Waals surface area contributed by atoms with Gasteiger partial charge in [-0.05, 0) is 12.3 Å². The molecule has 0 radical (unpaired) electrons. The number of carboxylic acids is 2. The van der Waals surface area contributed by atoms with Gasteiger partial charge in [0.2, 0.25) is 17.7 Å².